The van der Waals surface area contributed by atoms with E-state index in [9.17, 15) is 20.5 Å². The molecule has 11 heteroatoms. The van der Waals surface area contributed by atoms with Gasteiger partial charge in [0, 0.05) is 0 Å². The van der Waals surface area contributed by atoms with Crippen LogP contribution in [0.4, 0.5) is 5.69 Å². The van der Waals surface area contributed by atoms with Crippen LogP contribution in [0.3, 0.4) is 0 Å². The first-order valence-corrected chi connectivity index (χ1v) is 4.16. The number of non-ortho nitro benzene ring substituents is 1. The zero-order valence-electron chi connectivity index (χ0n) is 7.76. The number of hydrogen-bond donors (Lipinski definition) is 0. The molecule has 0 N–H and O–H groups in total. The number of aromatic nitrogens is 4. The maximum Gasteiger partial charge on any atom is 0.331 e. The average molecular weight is 239 g/mol. The zero-order chi connectivity index (χ0) is 12.2. The molecule has 0 bridgehead atoms. The monoisotopic (exact) mass is 239 g/mol. The SMILES string of the molecule is O=[N+]([O-])c1cc2c(no[n+]2[O-])c2c1no[n+]2[O-]. The Bertz CT molecular complexity index is 759. The smallest absolute Gasteiger partial charge is 0.331 e. The summed E-state index contributed by atoms with van der Waals surface area (Å²) in [6.07, 6.45) is 0. The summed E-state index contributed by atoms with van der Waals surface area (Å²) < 4.78 is 8.49. The van der Waals surface area contributed by atoms with Gasteiger partial charge < -0.3 is 10.4 Å². The Balaban J connectivity index is 2.63. The lowest BCUT2D eigenvalue weighted by molar-refractivity contribution is -0.782. The van der Waals surface area contributed by atoms with Crippen LogP contribution < -0.4 is 9.81 Å². The molecule has 1 aromatic carbocycles. The standard InChI is InChI=1S/C6HN5O6/c12-9(13)2-1-3-5(8-16-10(3)14)6-4(2)7-17-11(6)15/h1H. The van der Waals surface area contributed by atoms with Gasteiger partial charge in [-0.25, -0.2) is 0 Å². The topological polar surface area (TPSA) is 149 Å². The third-order valence-electron chi connectivity index (χ3n) is 2.20. The predicted octanol–water partition coefficient (Wildman–Crippen LogP) is -0.856. The number of benzene rings is 1. The van der Waals surface area contributed by atoms with Gasteiger partial charge in [-0.2, -0.15) is 0 Å². The summed E-state index contributed by atoms with van der Waals surface area (Å²) in [4.78, 5) is 9.83. The molecule has 3 aromatic rings. The van der Waals surface area contributed by atoms with Crippen molar-refractivity contribution >= 4 is 27.8 Å². The third-order valence-corrected chi connectivity index (χ3v) is 2.20. The number of fused-ring (bicyclic) bond motifs is 3. The second kappa shape index (κ2) is 2.78. The zero-order valence-corrected chi connectivity index (χ0v) is 7.76. The fraction of sp³-hybridized carbons (Fsp3) is 0. The summed E-state index contributed by atoms with van der Waals surface area (Å²) in [7, 11) is 0. The van der Waals surface area contributed by atoms with E-state index in [0.717, 1.165) is 6.07 Å². The Labute approximate surface area is 89.6 Å². The van der Waals surface area contributed by atoms with Crippen molar-refractivity contribution in [1.29, 1.82) is 0 Å². The molecule has 0 spiro atoms. The van der Waals surface area contributed by atoms with Gasteiger partial charge in [0.15, 0.2) is 0 Å². The minimum atomic E-state index is -0.794. The molecule has 0 fully saturated rings. The quantitative estimate of drug-likeness (QED) is 0.302. The number of rotatable bonds is 1. The Morgan fingerprint density at radius 3 is 2.53 bits per heavy atom. The van der Waals surface area contributed by atoms with Gasteiger partial charge in [0.2, 0.25) is 5.52 Å². The van der Waals surface area contributed by atoms with Crippen LogP contribution in [-0.2, 0) is 0 Å². The van der Waals surface area contributed by atoms with Crippen molar-refractivity contribution in [2.24, 2.45) is 0 Å². The maximum absolute atomic E-state index is 11.2. The van der Waals surface area contributed by atoms with Crippen molar-refractivity contribution in [2.45, 2.75) is 0 Å². The molecule has 0 saturated heterocycles. The lowest BCUT2D eigenvalue weighted by Gasteiger charge is -1.89. The summed E-state index contributed by atoms with van der Waals surface area (Å²) in [5.74, 6) is 0. The van der Waals surface area contributed by atoms with Gasteiger partial charge in [-0.05, 0) is 9.81 Å². The van der Waals surface area contributed by atoms with Gasteiger partial charge in [0.1, 0.15) is 0 Å². The molecule has 0 aliphatic rings. The minimum Gasteiger partial charge on any atom is -0.359 e. The number of nitro benzene ring substituents is 1. The van der Waals surface area contributed by atoms with Crippen molar-refractivity contribution in [3.8, 4) is 0 Å². The summed E-state index contributed by atoms with van der Waals surface area (Å²) >= 11 is 0. The highest BCUT2D eigenvalue weighted by molar-refractivity contribution is 6.01. The lowest BCUT2D eigenvalue weighted by Crippen LogP contribution is -2.24. The average Bonchev–Trinajstić information content (AvgIpc) is 2.83. The molecule has 11 nitrogen and oxygen atoms in total. The van der Waals surface area contributed by atoms with Gasteiger partial charge in [-0.3, -0.25) is 19.4 Å². The van der Waals surface area contributed by atoms with Crippen LogP contribution >= 0.6 is 0 Å². The summed E-state index contributed by atoms with van der Waals surface area (Å²) in [6.45, 7) is 0. The van der Waals surface area contributed by atoms with Gasteiger partial charge >= 0.3 is 16.7 Å². The van der Waals surface area contributed by atoms with E-state index in [1.165, 1.54) is 0 Å². The third kappa shape index (κ3) is 1.04. The first kappa shape index (κ1) is 9.26. The van der Waals surface area contributed by atoms with E-state index < -0.39 is 10.6 Å². The van der Waals surface area contributed by atoms with Crippen LogP contribution in [0.1, 0.15) is 0 Å². The van der Waals surface area contributed by atoms with Crippen LogP contribution in [0, 0.1) is 20.5 Å². The van der Waals surface area contributed by atoms with E-state index >= 15 is 0 Å². The van der Waals surface area contributed by atoms with E-state index in [-0.39, 0.29) is 31.9 Å². The first-order chi connectivity index (χ1) is 8.09. The summed E-state index contributed by atoms with van der Waals surface area (Å²) in [5, 5.41) is 39.7. The van der Waals surface area contributed by atoms with Crippen molar-refractivity contribution in [1.82, 2.24) is 10.3 Å². The molecule has 17 heavy (non-hydrogen) atoms. The normalized spacial score (nSPS) is 11.3. The number of hydrogen-bond acceptors (Lipinski definition) is 8. The molecule has 2 heterocycles. The fourth-order valence-electron chi connectivity index (χ4n) is 1.49. The Hall–Kier alpha value is -2.98. The van der Waals surface area contributed by atoms with Crippen molar-refractivity contribution in [3.63, 3.8) is 0 Å². The highest BCUT2D eigenvalue weighted by Gasteiger charge is 2.32. The highest BCUT2D eigenvalue weighted by atomic mass is 16.8. The van der Waals surface area contributed by atoms with Gasteiger partial charge in [0.05, 0.1) is 21.3 Å². The molecule has 0 unspecified atom stereocenters. The first-order valence-electron chi connectivity index (χ1n) is 4.16. The summed E-state index contributed by atoms with van der Waals surface area (Å²) in [6, 6.07) is 0.906. The lowest BCUT2D eigenvalue weighted by atomic mass is 10.2. The largest absolute Gasteiger partial charge is 0.359 e. The highest BCUT2D eigenvalue weighted by Crippen LogP contribution is 2.27. The Morgan fingerprint density at radius 2 is 1.82 bits per heavy atom. The molecule has 0 saturated carbocycles. The maximum atomic E-state index is 11.2. The van der Waals surface area contributed by atoms with Crippen LogP contribution in [0.25, 0.3) is 22.1 Å². The molecule has 0 amide bonds. The van der Waals surface area contributed by atoms with Crippen LogP contribution in [-0.4, -0.2) is 15.2 Å². The van der Waals surface area contributed by atoms with Crippen LogP contribution in [0.15, 0.2) is 15.3 Å². The minimum absolute atomic E-state index is 0.0469. The van der Waals surface area contributed by atoms with E-state index in [0.29, 0.717) is 0 Å². The van der Waals surface area contributed by atoms with Crippen molar-refractivity contribution < 1.29 is 24.0 Å². The molecule has 2 aromatic heterocycles. The van der Waals surface area contributed by atoms with E-state index in [4.69, 9.17) is 0 Å². The second-order valence-electron chi connectivity index (χ2n) is 3.08. The number of nitrogens with zero attached hydrogens (tertiary/aromatic N) is 5. The van der Waals surface area contributed by atoms with E-state index in [2.05, 4.69) is 19.6 Å². The molecule has 86 valence electrons. The van der Waals surface area contributed by atoms with Gasteiger partial charge in [-0.1, -0.05) is 0 Å². The van der Waals surface area contributed by atoms with Gasteiger partial charge in [0.25, 0.3) is 5.52 Å². The molecular formula is C6HN5O6. The fourth-order valence-corrected chi connectivity index (χ4v) is 1.49. The van der Waals surface area contributed by atoms with Crippen molar-refractivity contribution in [2.75, 3.05) is 0 Å². The predicted molar refractivity (Wildman–Crippen MR) is 46.2 cm³/mol. The summed E-state index contributed by atoms with van der Waals surface area (Å²) in [5.41, 5.74) is -1.58. The van der Waals surface area contributed by atoms with Crippen molar-refractivity contribution in [3.05, 3.63) is 26.6 Å². The molecular weight excluding hydrogens is 238 g/mol. The van der Waals surface area contributed by atoms with Crippen LogP contribution in [0.5, 0.6) is 0 Å². The molecule has 0 atom stereocenters. The molecule has 3 rings (SSSR count). The van der Waals surface area contributed by atoms with E-state index in [1.54, 1.807) is 0 Å². The molecule has 0 radical (unpaired) electrons. The molecule has 0 aliphatic carbocycles. The van der Waals surface area contributed by atoms with E-state index in [1.807, 2.05) is 0 Å². The van der Waals surface area contributed by atoms with Crippen LogP contribution in [0.2, 0.25) is 0 Å². The second-order valence-corrected chi connectivity index (χ2v) is 3.08. The Morgan fingerprint density at radius 1 is 1.18 bits per heavy atom. The number of nitro groups is 1. The Kier molecular flexibility index (Phi) is 1.51. The molecule has 0 aliphatic heterocycles. The van der Waals surface area contributed by atoms with Gasteiger partial charge in [-0.15, -0.1) is 0 Å².